The Labute approximate surface area is 107 Å². The molecule has 0 spiro atoms. The van der Waals surface area contributed by atoms with Crippen LogP contribution in [0, 0.1) is 10.1 Å². The van der Waals surface area contributed by atoms with Crippen molar-refractivity contribution in [3.63, 3.8) is 0 Å². The molecule has 4 nitrogen and oxygen atoms in total. The average Bonchev–Trinajstić information content (AvgIpc) is 2.14. The van der Waals surface area contributed by atoms with E-state index in [1.54, 1.807) is 0 Å². The first-order chi connectivity index (χ1) is 7.70. The molecule has 1 aromatic carbocycles. The highest BCUT2D eigenvalue weighted by molar-refractivity contribution is 6.76. The minimum Gasteiger partial charge on any atom is -0.393 e. The third kappa shape index (κ3) is 4.01. The van der Waals surface area contributed by atoms with Crippen LogP contribution >= 0.6 is 11.6 Å². The molecule has 0 saturated heterocycles. The Morgan fingerprint density at radius 1 is 1.41 bits per heavy atom. The van der Waals surface area contributed by atoms with E-state index in [-0.39, 0.29) is 11.4 Å². The first kappa shape index (κ1) is 14.0. The zero-order valence-corrected chi connectivity index (χ0v) is 12.0. The molecule has 0 heterocycles. The van der Waals surface area contributed by atoms with E-state index in [9.17, 15) is 10.1 Å². The van der Waals surface area contributed by atoms with Crippen molar-refractivity contribution < 1.29 is 4.92 Å². The van der Waals surface area contributed by atoms with E-state index in [1.807, 2.05) is 0 Å². The third-order valence-electron chi connectivity index (χ3n) is 2.54. The summed E-state index contributed by atoms with van der Waals surface area (Å²) < 4.78 is 0. The molecule has 0 radical (unpaired) electrons. The van der Waals surface area contributed by atoms with Gasteiger partial charge in [0.25, 0.3) is 5.69 Å². The molecule has 1 rings (SSSR count). The molecule has 0 atom stereocenters. The monoisotopic (exact) mass is 272 g/mol. The maximum Gasteiger partial charge on any atom is 0.292 e. The van der Waals surface area contributed by atoms with Gasteiger partial charge in [-0.25, -0.2) is 0 Å². The second-order valence-corrected chi connectivity index (χ2v) is 11.3. The Morgan fingerprint density at radius 3 is 2.47 bits per heavy atom. The van der Waals surface area contributed by atoms with Gasteiger partial charge in [0.1, 0.15) is 5.69 Å². The number of nitrogen functional groups attached to an aromatic ring is 1. The number of halogens is 1. The van der Waals surface area contributed by atoms with Crippen LogP contribution in [0.3, 0.4) is 0 Å². The number of benzene rings is 1. The molecule has 0 aromatic heterocycles. The number of nitrogens with zero attached hydrogens (tertiary/aromatic N) is 1. The maximum absolute atomic E-state index is 10.8. The maximum atomic E-state index is 10.8. The van der Waals surface area contributed by atoms with Crippen molar-refractivity contribution in [3.05, 3.63) is 32.8 Å². The van der Waals surface area contributed by atoms with Crippen LogP contribution in [0.2, 0.25) is 30.7 Å². The number of hydrogen-bond donors (Lipinski definition) is 1. The number of rotatable bonds is 4. The Kier molecular flexibility index (Phi) is 4.16. The lowest BCUT2D eigenvalue weighted by atomic mass is 10.1. The van der Waals surface area contributed by atoms with Gasteiger partial charge >= 0.3 is 0 Å². The summed E-state index contributed by atoms with van der Waals surface area (Å²) in [5.74, 6) is 0. The van der Waals surface area contributed by atoms with Gasteiger partial charge in [-0.05, 0) is 18.1 Å². The predicted molar refractivity (Wildman–Crippen MR) is 74.4 cm³/mol. The highest BCUT2D eigenvalue weighted by atomic mass is 35.5. The molecule has 0 aliphatic rings. The molecule has 17 heavy (non-hydrogen) atoms. The van der Waals surface area contributed by atoms with E-state index in [2.05, 4.69) is 19.6 Å². The summed E-state index contributed by atoms with van der Waals surface area (Å²) in [5, 5.41) is 11.3. The second-order valence-electron chi connectivity index (χ2n) is 5.32. The summed E-state index contributed by atoms with van der Waals surface area (Å²) in [6.45, 7) is 6.77. The topological polar surface area (TPSA) is 69.2 Å². The minimum absolute atomic E-state index is 0.0556. The van der Waals surface area contributed by atoms with Crippen LogP contribution in [0.25, 0.3) is 0 Å². The second kappa shape index (κ2) is 5.06. The molecule has 6 heteroatoms. The fraction of sp³-hybridized carbons (Fsp3) is 0.455. The summed E-state index contributed by atoms with van der Waals surface area (Å²) in [4.78, 5) is 10.3. The van der Waals surface area contributed by atoms with Crippen molar-refractivity contribution in [1.82, 2.24) is 0 Å². The normalized spacial score (nSPS) is 11.5. The molecule has 0 aliphatic heterocycles. The molecule has 0 unspecified atom stereocenters. The van der Waals surface area contributed by atoms with Gasteiger partial charge in [0.15, 0.2) is 0 Å². The first-order valence-electron chi connectivity index (χ1n) is 5.43. The van der Waals surface area contributed by atoms with Crippen molar-refractivity contribution in [3.8, 4) is 0 Å². The van der Waals surface area contributed by atoms with Crippen molar-refractivity contribution in [2.75, 3.05) is 5.73 Å². The molecule has 0 aliphatic carbocycles. The minimum atomic E-state index is -1.18. The van der Waals surface area contributed by atoms with Gasteiger partial charge in [-0.1, -0.05) is 37.3 Å². The number of nitrogens with two attached hydrogens (primary N) is 1. The van der Waals surface area contributed by atoms with Crippen molar-refractivity contribution in [2.45, 2.75) is 32.1 Å². The average molecular weight is 273 g/mol. The molecule has 0 amide bonds. The van der Waals surface area contributed by atoms with E-state index in [0.29, 0.717) is 5.02 Å². The lowest BCUT2D eigenvalue weighted by Gasteiger charge is -2.16. The molecule has 1 aromatic rings. The SMILES string of the molecule is C[Si](C)(C)CCc1cc([N+](=O)[O-])c(N)cc1Cl. The fourth-order valence-electron chi connectivity index (χ4n) is 1.48. The number of hydrogen-bond acceptors (Lipinski definition) is 3. The van der Waals surface area contributed by atoms with Crippen LogP contribution < -0.4 is 5.73 Å². The summed E-state index contributed by atoms with van der Waals surface area (Å²) in [7, 11) is -1.18. The molecular weight excluding hydrogens is 256 g/mol. The third-order valence-corrected chi connectivity index (χ3v) is 4.64. The molecule has 0 bridgehead atoms. The molecule has 0 fully saturated rings. The number of nitro benzene ring substituents is 1. The van der Waals surface area contributed by atoms with Crippen LogP contribution in [0.1, 0.15) is 5.56 Å². The van der Waals surface area contributed by atoms with Gasteiger partial charge in [0.05, 0.1) is 4.92 Å². The Bertz CT molecular complexity index is 444. The smallest absolute Gasteiger partial charge is 0.292 e. The number of anilines is 1. The highest BCUT2D eigenvalue weighted by Crippen LogP contribution is 2.30. The van der Waals surface area contributed by atoms with E-state index in [0.717, 1.165) is 18.0 Å². The summed E-state index contributed by atoms with van der Waals surface area (Å²) in [6, 6.07) is 4.02. The zero-order valence-electron chi connectivity index (χ0n) is 10.3. The van der Waals surface area contributed by atoms with Crippen LogP contribution in [-0.2, 0) is 6.42 Å². The van der Waals surface area contributed by atoms with Crippen molar-refractivity contribution in [2.24, 2.45) is 0 Å². The van der Waals surface area contributed by atoms with Crippen LogP contribution in [0.5, 0.6) is 0 Å². The van der Waals surface area contributed by atoms with Gasteiger partial charge in [-0.3, -0.25) is 10.1 Å². The number of aryl methyl sites for hydroxylation is 1. The van der Waals surface area contributed by atoms with Gasteiger partial charge in [-0.2, -0.15) is 0 Å². The van der Waals surface area contributed by atoms with Gasteiger partial charge in [0, 0.05) is 19.2 Å². The molecule has 94 valence electrons. The van der Waals surface area contributed by atoms with Gasteiger partial charge < -0.3 is 5.73 Å². The van der Waals surface area contributed by atoms with E-state index >= 15 is 0 Å². The van der Waals surface area contributed by atoms with Crippen molar-refractivity contribution in [1.29, 1.82) is 0 Å². The fourth-order valence-corrected chi connectivity index (χ4v) is 2.77. The van der Waals surface area contributed by atoms with Crippen LogP contribution in [0.15, 0.2) is 12.1 Å². The van der Waals surface area contributed by atoms with E-state index in [4.69, 9.17) is 17.3 Å². The highest BCUT2D eigenvalue weighted by Gasteiger charge is 2.18. The molecule has 0 saturated carbocycles. The summed E-state index contributed by atoms with van der Waals surface area (Å²) in [6.07, 6.45) is 0.773. The van der Waals surface area contributed by atoms with Crippen molar-refractivity contribution >= 4 is 31.0 Å². The zero-order chi connectivity index (χ0) is 13.2. The van der Waals surface area contributed by atoms with Crippen LogP contribution in [-0.4, -0.2) is 13.0 Å². The van der Waals surface area contributed by atoms with Crippen LogP contribution in [0.4, 0.5) is 11.4 Å². The predicted octanol–water partition coefficient (Wildman–Crippen LogP) is 3.71. The summed E-state index contributed by atoms with van der Waals surface area (Å²) >= 11 is 6.05. The first-order valence-corrected chi connectivity index (χ1v) is 9.51. The molecular formula is C11H17ClN2O2Si. The van der Waals surface area contributed by atoms with Gasteiger partial charge in [0.2, 0.25) is 0 Å². The lowest BCUT2D eigenvalue weighted by Crippen LogP contribution is -2.20. The number of nitro groups is 1. The quantitative estimate of drug-likeness (QED) is 0.393. The Morgan fingerprint density at radius 2 is 2.00 bits per heavy atom. The van der Waals surface area contributed by atoms with Gasteiger partial charge in [-0.15, -0.1) is 0 Å². The Balaban J connectivity index is 3.00. The standard InChI is InChI=1S/C11H17ClN2O2Si/c1-17(2,3)5-4-8-6-11(14(15)16)10(13)7-9(8)12/h6-7H,4-5,13H2,1-3H3. The van der Waals surface area contributed by atoms with E-state index < -0.39 is 13.0 Å². The summed E-state index contributed by atoms with van der Waals surface area (Å²) in [5.41, 5.74) is 6.44. The lowest BCUT2D eigenvalue weighted by molar-refractivity contribution is -0.383. The molecule has 2 N–H and O–H groups in total. The largest absolute Gasteiger partial charge is 0.393 e. The van der Waals surface area contributed by atoms with E-state index in [1.165, 1.54) is 12.1 Å². The Hall–Kier alpha value is -1.07.